The van der Waals surface area contributed by atoms with Crippen LogP contribution < -0.4 is 0 Å². The molecular weight excluding hydrogens is 244 g/mol. The molecule has 0 radical (unpaired) electrons. The van der Waals surface area contributed by atoms with Crippen LogP contribution in [-0.2, 0) is 19.6 Å². The summed E-state index contributed by atoms with van der Waals surface area (Å²) in [5.41, 5.74) is 6.41. The van der Waals surface area contributed by atoms with E-state index in [1.807, 2.05) is 17.6 Å². The monoisotopic (exact) mass is 258 g/mol. The molecule has 0 fully saturated rings. The zero-order chi connectivity index (χ0) is 12.5. The lowest BCUT2D eigenvalue weighted by Crippen LogP contribution is -2.15. The number of carbonyl (C=O) groups is 1. The fourth-order valence-electron chi connectivity index (χ4n) is 2.34. The Hall–Kier alpha value is -1.52. The molecule has 4 heteroatoms. The SMILES string of the molecule is CC(=O)c1ccc2c(c1)CN(Cc1cscn1)C2. The number of thiazole rings is 1. The second-order valence-electron chi connectivity index (χ2n) is 4.66. The summed E-state index contributed by atoms with van der Waals surface area (Å²) in [6.07, 6.45) is 0. The molecule has 92 valence electrons. The van der Waals surface area contributed by atoms with Gasteiger partial charge in [0.1, 0.15) is 0 Å². The summed E-state index contributed by atoms with van der Waals surface area (Å²) >= 11 is 1.63. The molecule has 1 aromatic carbocycles. The number of Topliss-reactive ketones (excluding diaryl/α,β-unsaturated/α-hetero) is 1. The van der Waals surface area contributed by atoms with Crippen LogP contribution in [-0.4, -0.2) is 15.7 Å². The zero-order valence-electron chi connectivity index (χ0n) is 10.2. The van der Waals surface area contributed by atoms with E-state index in [-0.39, 0.29) is 5.78 Å². The number of fused-ring (bicyclic) bond motifs is 1. The first kappa shape index (κ1) is 11.6. The van der Waals surface area contributed by atoms with Crippen LogP contribution in [0.25, 0.3) is 0 Å². The molecule has 0 N–H and O–H groups in total. The Balaban J connectivity index is 1.77. The van der Waals surface area contributed by atoms with Crippen molar-refractivity contribution in [3.8, 4) is 0 Å². The van der Waals surface area contributed by atoms with Gasteiger partial charge < -0.3 is 0 Å². The molecule has 0 aliphatic carbocycles. The van der Waals surface area contributed by atoms with Gasteiger partial charge in [-0.2, -0.15) is 0 Å². The van der Waals surface area contributed by atoms with Gasteiger partial charge in [-0.25, -0.2) is 4.98 Å². The Bertz CT molecular complexity index is 577. The minimum atomic E-state index is 0.135. The number of hydrogen-bond donors (Lipinski definition) is 0. The number of hydrogen-bond acceptors (Lipinski definition) is 4. The molecule has 0 atom stereocenters. The maximum Gasteiger partial charge on any atom is 0.159 e. The van der Waals surface area contributed by atoms with Crippen molar-refractivity contribution in [2.75, 3.05) is 0 Å². The highest BCUT2D eigenvalue weighted by molar-refractivity contribution is 7.07. The molecule has 1 aliphatic rings. The van der Waals surface area contributed by atoms with Crippen LogP contribution in [0, 0.1) is 0 Å². The summed E-state index contributed by atoms with van der Waals surface area (Å²) in [6.45, 7) is 4.36. The maximum absolute atomic E-state index is 11.4. The topological polar surface area (TPSA) is 33.2 Å². The summed E-state index contributed by atoms with van der Waals surface area (Å²) in [5, 5.41) is 2.09. The lowest BCUT2D eigenvalue weighted by Gasteiger charge is -2.12. The van der Waals surface area contributed by atoms with Crippen molar-refractivity contribution in [2.24, 2.45) is 0 Å². The van der Waals surface area contributed by atoms with Crippen molar-refractivity contribution in [3.63, 3.8) is 0 Å². The van der Waals surface area contributed by atoms with Crippen LogP contribution in [0.2, 0.25) is 0 Å². The van der Waals surface area contributed by atoms with Crippen LogP contribution in [0.3, 0.4) is 0 Å². The van der Waals surface area contributed by atoms with Crippen LogP contribution in [0.5, 0.6) is 0 Å². The molecule has 0 bridgehead atoms. The molecule has 2 heterocycles. The van der Waals surface area contributed by atoms with Crippen LogP contribution in [0.15, 0.2) is 29.1 Å². The van der Waals surface area contributed by atoms with Crippen molar-refractivity contribution >= 4 is 17.1 Å². The van der Waals surface area contributed by atoms with E-state index in [0.29, 0.717) is 0 Å². The summed E-state index contributed by atoms with van der Waals surface area (Å²) in [7, 11) is 0. The minimum absolute atomic E-state index is 0.135. The van der Waals surface area contributed by atoms with E-state index < -0.39 is 0 Å². The van der Waals surface area contributed by atoms with Crippen molar-refractivity contribution in [1.82, 2.24) is 9.88 Å². The average Bonchev–Trinajstić information content (AvgIpc) is 2.96. The number of nitrogens with zero attached hydrogens (tertiary/aromatic N) is 2. The third-order valence-electron chi connectivity index (χ3n) is 3.27. The fraction of sp³-hybridized carbons (Fsp3) is 0.286. The number of aromatic nitrogens is 1. The fourth-order valence-corrected chi connectivity index (χ4v) is 2.89. The Kier molecular flexibility index (Phi) is 2.97. The maximum atomic E-state index is 11.4. The highest BCUT2D eigenvalue weighted by atomic mass is 32.1. The molecule has 0 spiro atoms. The highest BCUT2D eigenvalue weighted by Gasteiger charge is 2.20. The normalized spacial score (nSPS) is 14.7. The number of carbonyl (C=O) groups excluding carboxylic acids is 1. The van der Waals surface area contributed by atoms with Crippen LogP contribution >= 0.6 is 11.3 Å². The van der Waals surface area contributed by atoms with E-state index in [2.05, 4.69) is 21.3 Å². The summed E-state index contributed by atoms with van der Waals surface area (Å²) in [4.78, 5) is 18.0. The Morgan fingerprint density at radius 1 is 1.39 bits per heavy atom. The predicted octanol–water partition coefficient (Wildman–Crippen LogP) is 2.86. The molecule has 0 amide bonds. The molecule has 0 saturated carbocycles. The molecule has 2 aromatic rings. The Labute approximate surface area is 110 Å². The van der Waals surface area contributed by atoms with E-state index in [9.17, 15) is 4.79 Å². The van der Waals surface area contributed by atoms with Crippen molar-refractivity contribution in [3.05, 3.63) is 51.5 Å². The first-order chi connectivity index (χ1) is 8.72. The van der Waals surface area contributed by atoms with Crippen molar-refractivity contribution < 1.29 is 4.79 Å². The second-order valence-corrected chi connectivity index (χ2v) is 5.38. The highest BCUT2D eigenvalue weighted by Crippen LogP contribution is 2.25. The van der Waals surface area contributed by atoms with Gasteiger partial charge in [-0.05, 0) is 24.1 Å². The van der Waals surface area contributed by atoms with Crippen molar-refractivity contribution in [1.29, 1.82) is 0 Å². The van der Waals surface area contributed by atoms with Gasteiger partial charge in [0, 0.05) is 30.6 Å². The third kappa shape index (κ3) is 2.21. The van der Waals surface area contributed by atoms with Gasteiger partial charge in [0.25, 0.3) is 0 Å². The Morgan fingerprint density at radius 2 is 2.22 bits per heavy atom. The number of rotatable bonds is 3. The van der Waals surface area contributed by atoms with Crippen LogP contribution in [0.1, 0.15) is 34.1 Å². The molecule has 1 aromatic heterocycles. The van der Waals surface area contributed by atoms with E-state index in [1.165, 1.54) is 11.1 Å². The van der Waals surface area contributed by atoms with Gasteiger partial charge in [0.15, 0.2) is 5.78 Å². The molecular formula is C14H14N2OS. The zero-order valence-corrected chi connectivity index (χ0v) is 11.0. The average molecular weight is 258 g/mol. The van der Waals surface area contributed by atoms with Crippen LogP contribution in [0.4, 0.5) is 0 Å². The first-order valence-corrected chi connectivity index (χ1v) is 6.89. The summed E-state index contributed by atoms with van der Waals surface area (Å²) in [6, 6.07) is 6.03. The molecule has 3 rings (SSSR count). The quantitative estimate of drug-likeness (QED) is 0.794. The van der Waals surface area contributed by atoms with Gasteiger partial charge in [0.05, 0.1) is 11.2 Å². The summed E-state index contributed by atoms with van der Waals surface area (Å²) in [5.74, 6) is 0.135. The molecule has 3 nitrogen and oxygen atoms in total. The number of ketones is 1. The first-order valence-electron chi connectivity index (χ1n) is 5.94. The van der Waals surface area contributed by atoms with E-state index >= 15 is 0 Å². The van der Waals surface area contributed by atoms with Gasteiger partial charge in [-0.3, -0.25) is 9.69 Å². The van der Waals surface area contributed by atoms with Gasteiger partial charge in [-0.15, -0.1) is 11.3 Å². The largest absolute Gasteiger partial charge is 0.295 e. The molecule has 1 aliphatic heterocycles. The lowest BCUT2D eigenvalue weighted by atomic mass is 10.0. The van der Waals surface area contributed by atoms with Gasteiger partial charge in [-0.1, -0.05) is 12.1 Å². The second kappa shape index (κ2) is 4.63. The molecule has 0 saturated heterocycles. The Morgan fingerprint density at radius 3 is 2.94 bits per heavy atom. The van der Waals surface area contributed by atoms with Gasteiger partial charge >= 0.3 is 0 Å². The molecule has 18 heavy (non-hydrogen) atoms. The summed E-state index contributed by atoms with van der Waals surface area (Å²) < 4.78 is 0. The lowest BCUT2D eigenvalue weighted by molar-refractivity contribution is 0.101. The number of benzene rings is 1. The smallest absolute Gasteiger partial charge is 0.159 e. The van der Waals surface area contributed by atoms with Crippen molar-refractivity contribution in [2.45, 2.75) is 26.6 Å². The van der Waals surface area contributed by atoms with E-state index in [4.69, 9.17) is 0 Å². The predicted molar refractivity (Wildman–Crippen MR) is 71.5 cm³/mol. The minimum Gasteiger partial charge on any atom is -0.295 e. The van der Waals surface area contributed by atoms with Gasteiger partial charge in [0.2, 0.25) is 0 Å². The molecule has 0 unspecified atom stereocenters. The standard InChI is InChI=1S/C14H14N2OS/c1-10(17)11-2-3-12-5-16(6-13(12)4-11)7-14-8-18-9-15-14/h2-4,8-9H,5-7H2,1H3. The third-order valence-corrected chi connectivity index (χ3v) is 3.91. The van der Waals surface area contributed by atoms with E-state index in [1.54, 1.807) is 18.3 Å². The van der Waals surface area contributed by atoms with E-state index in [0.717, 1.165) is 30.9 Å².